The summed E-state index contributed by atoms with van der Waals surface area (Å²) in [5.41, 5.74) is 9.26. The van der Waals surface area contributed by atoms with E-state index in [1.54, 1.807) is 0 Å². The molecule has 2 heterocycles. The highest BCUT2D eigenvalue weighted by molar-refractivity contribution is 6.22. The highest BCUT2D eigenvalue weighted by Crippen LogP contribution is 2.38. The largest absolute Gasteiger partial charge is 0.247 e. The molecule has 0 aliphatic carbocycles. The van der Waals surface area contributed by atoms with E-state index in [9.17, 15) is 0 Å². The summed E-state index contributed by atoms with van der Waals surface area (Å²) < 4.78 is 0. The van der Waals surface area contributed by atoms with Gasteiger partial charge in [-0.25, -0.2) is 15.0 Å². The van der Waals surface area contributed by atoms with Gasteiger partial charge in [0.1, 0.15) is 0 Å². The van der Waals surface area contributed by atoms with Crippen molar-refractivity contribution in [2.24, 2.45) is 0 Å². The molecule has 50 heavy (non-hydrogen) atoms. The molecule has 0 saturated heterocycles. The SMILES string of the molecule is c1cc(-c2ccc(-c3nc4ccccc4c4c3ccc3ccccc34)cc2)cc(-c2nc(-c3ccc4ccccc4c3)c3ccccc3n2)c1. The predicted molar refractivity (Wildman–Crippen MR) is 209 cm³/mol. The molecule has 8 aromatic carbocycles. The molecule has 232 valence electrons. The Bertz CT molecular complexity index is 2910. The summed E-state index contributed by atoms with van der Waals surface area (Å²) in [6.07, 6.45) is 0. The number of aromatic nitrogens is 3. The Balaban J connectivity index is 1.06. The first-order chi connectivity index (χ1) is 24.8. The van der Waals surface area contributed by atoms with Crippen molar-refractivity contribution in [2.45, 2.75) is 0 Å². The molecule has 0 aliphatic rings. The second-order valence-corrected chi connectivity index (χ2v) is 12.8. The molecule has 3 heteroatoms. The van der Waals surface area contributed by atoms with Gasteiger partial charge in [0, 0.05) is 38.2 Å². The lowest BCUT2D eigenvalue weighted by atomic mass is 9.94. The van der Waals surface area contributed by atoms with Crippen molar-refractivity contribution in [1.29, 1.82) is 0 Å². The molecule has 0 saturated carbocycles. The monoisotopic (exact) mass is 635 g/mol. The fraction of sp³-hybridized carbons (Fsp3) is 0. The maximum atomic E-state index is 5.19. The minimum Gasteiger partial charge on any atom is -0.247 e. The maximum absolute atomic E-state index is 5.19. The van der Waals surface area contributed by atoms with Crippen molar-refractivity contribution >= 4 is 54.1 Å². The lowest BCUT2D eigenvalue weighted by molar-refractivity contribution is 1.23. The number of pyridine rings is 1. The third-order valence-electron chi connectivity index (χ3n) is 9.83. The van der Waals surface area contributed by atoms with E-state index in [0.717, 1.165) is 61.0 Å². The molecule has 0 spiro atoms. The number of para-hydroxylation sites is 2. The summed E-state index contributed by atoms with van der Waals surface area (Å²) in [7, 11) is 0. The third kappa shape index (κ3) is 4.71. The van der Waals surface area contributed by atoms with E-state index in [-0.39, 0.29) is 0 Å². The number of rotatable bonds is 4. The fourth-order valence-electron chi connectivity index (χ4n) is 7.36. The first-order valence-electron chi connectivity index (χ1n) is 16.9. The van der Waals surface area contributed by atoms with E-state index in [2.05, 4.69) is 170 Å². The first kappa shape index (κ1) is 28.3. The molecule has 10 aromatic rings. The summed E-state index contributed by atoms with van der Waals surface area (Å²) in [5.74, 6) is 0.712. The van der Waals surface area contributed by atoms with Gasteiger partial charge >= 0.3 is 0 Å². The Morgan fingerprint density at radius 1 is 0.280 bits per heavy atom. The Kier molecular flexibility index (Phi) is 6.49. The van der Waals surface area contributed by atoms with Crippen LogP contribution in [0, 0.1) is 0 Å². The zero-order valence-electron chi connectivity index (χ0n) is 27.1. The molecule has 0 atom stereocenters. The maximum Gasteiger partial charge on any atom is 0.160 e. The minimum atomic E-state index is 0.712. The normalized spacial score (nSPS) is 11.6. The average Bonchev–Trinajstić information content (AvgIpc) is 3.20. The molecule has 0 fully saturated rings. The first-order valence-corrected chi connectivity index (χ1v) is 16.9. The van der Waals surface area contributed by atoms with Crippen LogP contribution in [-0.2, 0) is 0 Å². The minimum absolute atomic E-state index is 0.712. The molecular weight excluding hydrogens is 607 g/mol. The van der Waals surface area contributed by atoms with Crippen LogP contribution in [0.5, 0.6) is 0 Å². The van der Waals surface area contributed by atoms with Gasteiger partial charge in [-0.15, -0.1) is 0 Å². The van der Waals surface area contributed by atoms with Gasteiger partial charge in [-0.3, -0.25) is 0 Å². The summed E-state index contributed by atoms with van der Waals surface area (Å²) in [5, 5.41) is 9.52. The van der Waals surface area contributed by atoms with Crippen molar-refractivity contribution in [3.8, 4) is 45.0 Å². The van der Waals surface area contributed by atoms with E-state index < -0.39 is 0 Å². The standard InChI is InChI=1S/C47H29N3/c1-2-12-34-28-36(25-22-30(34)10-1)46-40-17-6-8-19-43(40)49-47(50-46)37-14-9-13-35(29-37)31-20-23-33(24-21-31)45-41-27-26-32-11-3-4-15-38(32)44(41)39-16-5-7-18-42(39)48-45/h1-29H. The van der Waals surface area contributed by atoms with Gasteiger partial charge in [-0.2, -0.15) is 0 Å². The second-order valence-electron chi connectivity index (χ2n) is 12.8. The smallest absolute Gasteiger partial charge is 0.160 e. The fourth-order valence-corrected chi connectivity index (χ4v) is 7.36. The quantitative estimate of drug-likeness (QED) is 0.181. The van der Waals surface area contributed by atoms with Gasteiger partial charge < -0.3 is 0 Å². The number of nitrogens with zero attached hydrogens (tertiary/aromatic N) is 3. The van der Waals surface area contributed by atoms with Crippen LogP contribution >= 0.6 is 0 Å². The highest BCUT2D eigenvalue weighted by atomic mass is 14.9. The summed E-state index contributed by atoms with van der Waals surface area (Å²) in [6, 6.07) is 62.1. The van der Waals surface area contributed by atoms with Crippen LogP contribution in [0.25, 0.3) is 99.2 Å². The van der Waals surface area contributed by atoms with E-state index in [1.165, 1.54) is 32.3 Å². The van der Waals surface area contributed by atoms with Gasteiger partial charge in [-0.05, 0) is 56.9 Å². The van der Waals surface area contributed by atoms with E-state index in [1.807, 2.05) is 6.07 Å². The lowest BCUT2D eigenvalue weighted by Gasteiger charge is -2.13. The number of benzene rings is 8. The van der Waals surface area contributed by atoms with Crippen molar-refractivity contribution in [3.05, 3.63) is 176 Å². The second kappa shape index (κ2) is 11.5. The average molecular weight is 636 g/mol. The Hall–Kier alpha value is -6.71. The Morgan fingerprint density at radius 3 is 1.72 bits per heavy atom. The molecule has 10 rings (SSSR count). The number of fused-ring (bicyclic) bond motifs is 7. The van der Waals surface area contributed by atoms with Gasteiger partial charge in [0.05, 0.1) is 22.4 Å². The van der Waals surface area contributed by atoms with Crippen LogP contribution in [-0.4, -0.2) is 15.0 Å². The molecule has 2 aromatic heterocycles. The zero-order chi connectivity index (χ0) is 33.0. The van der Waals surface area contributed by atoms with Crippen molar-refractivity contribution in [2.75, 3.05) is 0 Å². The Labute approximate surface area is 289 Å². The van der Waals surface area contributed by atoms with E-state index >= 15 is 0 Å². The Morgan fingerprint density at radius 2 is 0.880 bits per heavy atom. The molecule has 3 nitrogen and oxygen atoms in total. The van der Waals surface area contributed by atoms with Gasteiger partial charge in [0.15, 0.2) is 5.82 Å². The molecular formula is C47H29N3. The topological polar surface area (TPSA) is 38.7 Å². The van der Waals surface area contributed by atoms with E-state index in [0.29, 0.717) is 5.82 Å². The zero-order valence-corrected chi connectivity index (χ0v) is 27.1. The van der Waals surface area contributed by atoms with Gasteiger partial charge in [-0.1, -0.05) is 152 Å². The van der Waals surface area contributed by atoms with Crippen LogP contribution in [0.2, 0.25) is 0 Å². The van der Waals surface area contributed by atoms with Crippen molar-refractivity contribution in [1.82, 2.24) is 15.0 Å². The third-order valence-corrected chi connectivity index (χ3v) is 9.83. The molecule has 0 N–H and O–H groups in total. The molecule has 0 aliphatic heterocycles. The van der Waals surface area contributed by atoms with Gasteiger partial charge in [0.2, 0.25) is 0 Å². The molecule has 0 radical (unpaired) electrons. The van der Waals surface area contributed by atoms with Crippen LogP contribution in [0.3, 0.4) is 0 Å². The van der Waals surface area contributed by atoms with Crippen LogP contribution in [0.4, 0.5) is 0 Å². The number of hydrogen-bond donors (Lipinski definition) is 0. The van der Waals surface area contributed by atoms with Crippen molar-refractivity contribution < 1.29 is 0 Å². The summed E-state index contributed by atoms with van der Waals surface area (Å²) in [4.78, 5) is 15.4. The lowest BCUT2D eigenvalue weighted by Crippen LogP contribution is -1.95. The number of hydrogen-bond acceptors (Lipinski definition) is 3. The van der Waals surface area contributed by atoms with Crippen LogP contribution in [0.1, 0.15) is 0 Å². The van der Waals surface area contributed by atoms with Crippen LogP contribution < -0.4 is 0 Å². The molecule has 0 bridgehead atoms. The summed E-state index contributed by atoms with van der Waals surface area (Å²) >= 11 is 0. The van der Waals surface area contributed by atoms with Crippen LogP contribution in [0.15, 0.2) is 176 Å². The van der Waals surface area contributed by atoms with Gasteiger partial charge in [0.25, 0.3) is 0 Å². The van der Waals surface area contributed by atoms with Crippen molar-refractivity contribution in [3.63, 3.8) is 0 Å². The molecule has 0 unspecified atom stereocenters. The van der Waals surface area contributed by atoms with E-state index in [4.69, 9.17) is 15.0 Å². The molecule has 0 amide bonds. The predicted octanol–water partition coefficient (Wildman–Crippen LogP) is 12.3. The summed E-state index contributed by atoms with van der Waals surface area (Å²) in [6.45, 7) is 0. The highest BCUT2D eigenvalue weighted by Gasteiger charge is 2.15.